The van der Waals surface area contributed by atoms with Crippen molar-refractivity contribution in [2.45, 2.75) is 19.8 Å². The van der Waals surface area contributed by atoms with E-state index in [-0.39, 0.29) is 18.9 Å². The highest BCUT2D eigenvalue weighted by Gasteiger charge is 2.40. The molecule has 0 N–H and O–H groups in total. The number of methoxy groups -OCH3 is 1. The van der Waals surface area contributed by atoms with Crippen LogP contribution in [0.5, 0.6) is 0 Å². The van der Waals surface area contributed by atoms with Crippen molar-refractivity contribution in [3.63, 3.8) is 0 Å². The maximum atomic E-state index is 13.0. The third-order valence-electron chi connectivity index (χ3n) is 5.03. The normalized spacial score (nSPS) is 18.7. The Balaban J connectivity index is 2.14. The molecule has 2 atom stereocenters. The van der Waals surface area contributed by atoms with Crippen LogP contribution in [0.4, 0.5) is 5.69 Å². The van der Waals surface area contributed by atoms with Gasteiger partial charge in [0.05, 0.1) is 11.5 Å². The standard InChI is InChI=1S/C22H23N3O5/c1-14-19(17-7-5-9-23-13-17)21(16-6-4-8-18(12-16)25(27)28)20(15(2)24-14)22(26)30-11-10-29-3/h4-9,12-13,20-21H,10-11H2,1-3H3. The number of nitrogens with zero attached hydrogens (tertiary/aromatic N) is 3. The number of nitro benzene ring substituents is 1. The molecule has 1 aliphatic heterocycles. The molecule has 0 bridgehead atoms. The smallest absolute Gasteiger partial charge is 0.315 e. The number of hydrogen-bond acceptors (Lipinski definition) is 7. The third kappa shape index (κ3) is 4.44. The van der Waals surface area contributed by atoms with Gasteiger partial charge in [0.25, 0.3) is 5.69 Å². The maximum absolute atomic E-state index is 13.0. The molecule has 8 heteroatoms. The minimum absolute atomic E-state index is 0.0395. The molecule has 0 amide bonds. The summed E-state index contributed by atoms with van der Waals surface area (Å²) in [5.41, 5.74) is 3.53. The van der Waals surface area contributed by atoms with E-state index in [0.29, 0.717) is 11.3 Å². The van der Waals surface area contributed by atoms with Crippen LogP contribution in [0.3, 0.4) is 0 Å². The summed E-state index contributed by atoms with van der Waals surface area (Å²) in [4.78, 5) is 32.8. The Kier molecular flexibility index (Phi) is 6.68. The molecule has 1 aromatic carbocycles. The van der Waals surface area contributed by atoms with Crippen molar-refractivity contribution >= 4 is 22.9 Å². The van der Waals surface area contributed by atoms with Gasteiger partial charge in [0.2, 0.25) is 0 Å². The molecular weight excluding hydrogens is 386 g/mol. The van der Waals surface area contributed by atoms with Gasteiger partial charge in [-0.1, -0.05) is 18.2 Å². The number of rotatable bonds is 7. The SMILES string of the molecule is COCCOC(=O)C1C(C)=NC(C)=C(c2cccnc2)C1c1cccc([N+](=O)[O-])c1. The van der Waals surface area contributed by atoms with E-state index in [4.69, 9.17) is 9.47 Å². The molecule has 1 aliphatic rings. The predicted molar refractivity (Wildman–Crippen MR) is 112 cm³/mol. The van der Waals surface area contributed by atoms with Crippen molar-refractivity contribution in [1.82, 2.24) is 4.98 Å². The molecule has 3 rings (SSSR count). The average Bonchev–Trinajstić information content (AvgIpc) is 2.74. The third-order valence-corrected chi connectivity index (χ3v) is 5.03. The van der Waals surface area contributed by atoms with Gasteiger partial charge in [-0.2, -0.15) is 0 Å². The highest BCUT2D eigenvalue weighted by atomic mass is 16.6. The zero-order valence-corrected chi connectivity index (χ0v) is 17.1. The first kappa shape index (κ1) is 21.3. The van der Waals surface area contributed by atoms with Crippen LogP contribution in [-0.2, 0) is 14.3 Å². The van der Waals surface area contributed by atoms with Crippen molar-refractivity contribution in [2.24, 2.45) is 10.9 Å². The van der Waals surface area contributed by atoms with Crippen molar-refractivity contribution < 1.29 is 19.2 Å². The minimum atomic E-state index is -0.720. The number of benzene rings is 1. The first-order valence-corrected chi connectivity index (χ1v) is 9.50. The van der Waals surface area contributed by atoms with Crippen molar-refractivity contribution in [1.29, 1.82) is 0 Å². The molecule has 2 aromatic rings. The van der Waals surface area contributed by atoms with Crippen LogP contribution in [-0.4, -0.2) is 41.9 Å². The molecule has 0 spiro atoms. The lowest BCUT2D eigenvalue weighted by Gasteiger charge is -2.32. The number of hydrogen-bond donors (Lipinski definition) is 0. The summed E-state index contributed by atoms with van der Waals surface area (Å²) in [5, 5.41) is 11.4. The van der Waals surface area contributed by atoms with E-state index in [1.807, 2.05) is 13.0 Å². The van der Waals surface area contributed by atoms with Crippen LogP contribution >= 0.6 is 0 Å². The second kappa shape index (κ2) is 9.41. The summed E-state index contributed by atoms with van der Waals surface area (Å²) in [6.45, 7) is 4.03. The number of aromatic nitrogens is 1. The topological polar surface area (TPSA) is 104 Å². The largest absolute Gasteiger partial charge is 0.463 e. The van der Waals surface area contributed by atoms with E-state index in [1.54, 1.807) is 37.5 Å². The van der Waals surface area contributed by atoms with Crippen molar-refractivity contribution in [3.05, 3.63) is 75.7 Å². The van der Waals surface area contributed by atoms with E-state index in [0.717, 1.165) is 16.8 Å². The van der Waals surface area contributed by atoms with E-state index in [9.17, 15) is 14.9 Å². The molecule has 156 valence electrons. The summed E-state index contributed by atoms with van der Waals surface area (Å²) < 4.78 is 10.4. The first-order valence-electron chi connectivity index (χ1n) is 9.50. The zero-order valence-electron chi connectivity index (χ0n) is 17.1. The summed E-state index contributed by atoms with van der Waals surface area (Å²) in [6.07, 6.45) is 3.36. The van der Waals surface area contributed by atoms with Gasteiger partial charge in [0.15, 0.2) is 0 Å². The molecule has 30 heavy (non-hydrogen) atoms. The van der Waals surface area contributed by atoms with Crippen LogP contribution in [0.15, 0.2) is 59.5 Å². The fraction of sp³-hybridized carbons (Fsp3) is 0.318. The van der Waals surface area contributed by atoms with Gasteiger partial charge in [0, 0.05) is 49.0 Å². The van der Waals surface area contributed by atoms with Crippen LogP contribution in [0.1, 0.15) is 30.9 Å². The van der Waals surface area contributed by atoms with Crippen LogP contribution in [0, 0.1) is 16.0 Å². The number of carbonyl (C=O) groups excluding carboxylic acids is 1. The zero-order chi connectivity index (χ0) is 21.7. The van der Waals surface area contributed by atoms with Gasteiger partial charge in [0.1, 0.15) is 12.5 Å². The number of nitro groups is 1. The number of pyridine rings is 1. The van der Waals surface area contributed by atoms with Gasteiger partial charge in [-0.05, 0) is 36.6 Å². The molecule has 2 unspecified atom stereocenters. The minimum Gasteiger partial charge on any atom is -0.463 e. The molecule has 0 radical (unpaired) electrons. The summed E-state index contributed by atoms with van der Waals surface area (Å²) in [5.74, 6) is -1.66. The predicted octanol–water partition coefficient (Wildman–Crippen LogP) is 3.78. The Hall–Kier alpha value is -3.39. The molecule has 2 heterocycles. The quantitative estimate of drug-likeness (QED) is 0.298. The molecule has 0 saturated heterocycles. The summed E-state index contributed by atoms with van der Waals surface area (Å²) >= 11 is 0. The Morgan fingerprint density at radius 2 is 2.00 bits per heavy atom. The molecular formula is C22H23N3O5. The highest BCUT2D eigenvalue weighted by Crippen LogP contribution is 2.44. The Bertz CT molecular complexity index is 1000. The Labute approximate surface area is 174 Å². The second-order valence-corrected chi connectivity index (χ2v) is 6.96. The fourth-order valence-electron chi connectivity index (χ4n) is 3.75. The number of non-ortho nitro benzene ring substituents is 1. The Morgan fingerprint density at radius 3 is 2.67 bits per heavy atom. The van der Waals surface area contributed by atoms with Gasteiger partial charge in [-0.3, -0.25) is 24.9 Å². The number of esters is 1. The molecule has 0 aliphatic carbocycles. The fourth-order valence-corrected chi connectivity index (χ4v) is 3.75. The van der Waals surface area contributed by atoms with Crippen LogP contribution in [0.25, 0.3) is 5.57 Å². The highest BCUT2D eigenvalue weighted by molar-refractivity contribution is 6.06. The van der Waals surface area contributed by atoms with Crippen molar-refractivity contribution in [2.75, 3.05) is 20.3 Å². The van der Waals surface area contributed by atoms with Crippen molar-refractivity contribution in [3.8, 4) is 0 Å². The lowest BCUT2D eigenvalue weighted by atomic mass is 9.73. The number of aliphatic imine (C=N–C) groups is 1. The Morgan fingerprint density at radius 1 is 1.20 bits per heavy atom. The molecule has 0 saturated carbocycles. The van der Waals surface area contributed by atoms with Gasteiger partial charge in [-0.25, -0.2) is 0 Å². The monoisotopic (exact) mass is 409 g/mol. The number of carbonyl (C=O) groups is 1. The van der Waals surface area contributed by atoms with Gasteiger partial charge in [-0.15, -0.1) is 0 Å². The molecule has 1 aromatic heterocycles. The molecule has 0 fully saturated rings. The number of ether oxygens (including phenoxy) is 2. The van der Waals surface area contributed by atoms with E-state index in [1.165, 1.54) is 19.2 Å². The average molecular weight is 409 g/mol. The van der Waals surface area contributed by atoms with E-state index >= 15 is 0 Å². The van der Waals surface area contributed by atoms with Gasteiger partial charge >= 0.3 is 5.97 Å². The first-order chi connectivity index (χ1) is 14.4. The van der Waals surface area contributed by atoms with Crippen LogP contribution in [0.2, 0.25) is 0 Å². The molecule has 8 nitrogen and oxygen atoms in total. The number of allylic oxidation sites excluding steroid dienone is 2. The van der Waals surface area contributed by atoms with E-state index < -0.39 is 22.7 Å². The second-order valence-electron chi connectivity index (χ2n) is 6.96. The summed E-state index contributed by atoms with van der Waals surface area (Å²) in [6, 6.07) is 10.0. The maximum Gasteiger partial charge on any atom is 0.315 e. The lowest BCUT2D eigenvalue weighted by molar-refractivity contribution is -0.384. The summed E-state index contributed by atoms with van der Waals surface area (Å²) in [7, 11) is 1.53. The van der Waals surface area contributed by atoms with E-state index in [2.05, 4.69) is 9.98 Å². The lowest BCUT2D eigenvalue weighted by Crippen LogP contribution is -2.34. The van der Waals surface area contributed by atoms with Gasteiger partial charge < -0.3 is 9.47 Å². The van der Waals surface area contributed by atoms with Crippen LogP contribution < -0.4 is 0 Å².